The van der Waals surface area contributed by atoms with Crippen LogP contribution in [0.2, 0.25) is 0 Å². The second-order valence-corrected chi connectivity index (χ2v) is 5.75. The lowest BCUT2D eigenvalue weighted by Gasteiger charge is -2.13. The van der Waals surface area contributed by atoms with Gasteiger partial charge in [-0.25, -0.2) is 9.98 Å². The summed E-state index contributed by atoms with van der Waals surface area (Å²) in [6.45, 7) is 4.62. The maximum absolute atomic E-state index is 5.74. The van der Waals surface area contributed by atoms with Crippen molar-refractivity contribution in [2.75, 3.05) is 39.3 Å². The largest absolute Gasteiger partial charge is 0.493 e. The molecule has 27 heavy (non-hydrogen) atoms. The molecule has 0 saturated carbocycles. The fourth-order valence-corrected chi connectivity index (χ4v) is 2.30. The number of nitrogens with zero attached hydrogens (tertiary/aromatic N) is 2. The van der Waals surface area contributed by atoms with Crippen LogP contribution in [-0.4, -0.2) is 44.9 Å². The lowest BCUT2D eigenvalue weighted by Crippen LogP contribution is -2.30. The molecule has 1 heterocycles. The second kappa shape index (κ2) is 11.7. The van der Waals surface area contributed by atoms with Crippen molar-refractivity contribution in [1.29, 1.82) is 0 Å². The fraction of sp³-hybridized carbons (Fsp3) is 0.400. The van der Waals surface area contributed by atoms with E-state index in [2.05, 4.69) is 20.6 Å². The minimum atomic E-state index is 0.513. The third kappa shape index (κ3) is 7.53. The van der Waals surface area contributed by atoms with Gasteiger partial charge in [0, 0.05) is 50.7 Å². The number of hydrogen-bond donors (Lipinski definition) is 2. The molecule has 0 radical (unpaired) electrons. The third-order valence-corrected chi connectivity index (χ3v) is 3.63. The molecule has 2 rings (SSSR count). The van der Waals surface area contributed by atoms with Crippen molar-refractivity contribution in [3.05, 3.63) is 48.2 Å². The third-order valence-electron chi connectivity index (χ3n) is 3.63. The van der Waals surface area contributed by atoms with E-state index in [0.717, 1.165) is 30.0 Å². The minimum absolute atomic E-state index is 0.513. The Labute approximate surface area is 160 Å². The van der Waals surface area contributed by atoms with Gasteiger partial charge in [0.1, 0.15) is 5.75 Å². The Morgan fingerprint density at radius 3 is 2.74 bits per heavy atom. The van der Waals surface area contributed by atoms with Gasteiger partial charge in [-0.3, -0.25) is 0 Å². The molecule has 1 aromatic carbocycles. The van der Waals surface area contributed by atoms with Gasteiger partial charge in [-0.05, 0) is 24.6 Å². The highest BCUT2D eigenvalue weighted by atomic mass is 16.5. The second-order valence-electron chi connectivity index (χ2n) is 5.75. The zero-order valence-corrected chi connectivity index (χ0v) is 16.2. The first kappa shape index (κ1) is 20.5. The van der Waals surface area contributed by atoms with E-state index in [1.807, 2.05) is 43.3 Å². The molecular formula is C20H28N4O3. The SMILES string of the molecule is CCNC(=NCc1ccc(OC)nc1)Nc1cccc(OCCCOC)c1. The van der Waals surface area contributed by atoms with Crippen molar-refractivity contribution in [2.24, 2.45) is 4.99 Å². The Hall–Kier alpha value is -2.80. The molecule has 7 heteroatoms. The molecule has 0 spiro atoms. The summed E-state index contributed by atoms with van der Waals surface area (Å²) < 4.78 is 15.8. The van der Waals surface area contributed by atoms with Crippen LogP contribution in [0.15, 0.2) is 47.6 Å². The van der Waals surface area contributed by atoms with E-state index in [1.54, 1.807) is 20.4 Å². The first-order valence-corrected chi connectivity index (χ1v) is 9.01. The van der Waals surface area contributed by atoms with Crippen LogP contribution in [0.1, 0.15) is 18.9 Å². The summed E-state index contributed by atoms with van der Waals surface area (Å²) in [7, 11) is 3.29. The zero-order valence-electron chi connectivity index (χ0n) is 16.2. The Morgan fingerprint density at radius 2 is 2.04 bits per heavy atom. The summed E-state index contributed by atoms with van der Waals surface area (Å²) in [5.74, 6) is 2.10. The van der Waals surface area contributed by atoms with Crippen LogP contribution >= 0.6 is 0 Å². The predicted octanol–water partition coefficient (Wildman–Crippen LogP) is 3.08. The van der Waals surface area contributed by atoms with Crippen LogP contribution in [0, 0.1) is 0 Å². The predicted molar refractivity (Wildman–Crippen MR) is 108 cm³/mol. The van der Waals surface area contributed by atoms with Crippen LogP contribution in [0.3, 0.4) is 0 Å². The number of pyridine rings is 1. The van der Waals surface area contributed by atoms with Gasteiger partial charge >= 0.3 is 0 Å². The molecule has 0 aliphatic rings. The van der Waals surface area contributed by atoms with Gasteiger partial charge in [-0.15, -0.1) is 0 Å². The molecule has 0 unspecified atom stereocenters. The van der Waals surface area contributed by atoms with E-state index < -0.39 is 0 Å². The van der Waals surface area contributed by atoms with Crippen molar-refractivity contribution >= 4 is 11.6 Å². The molecule has 0 atom stereocenters. The van der Waals surface area contributed by atoms with Gasteiger partial charge in [0.2, 0.25) is 5.88 Å². The van der Waals surface area contributed by atoms with E-state index >= 15 is 0 Å². The van der Waals surface area contributed by atoms with Crippen molar-refractivity contribution in [3.8, 4) is 11.6 Å². The molecule has 1 aromatic heterocycles. The summed E-state index contributed by atoms with van der Waals surface area (Å²) >= 11 is 0. The van der Waals surface area contributed by atoms with Crippen molar-refractivity contribution in [1.82, 2.24) is 10.3 Å². The van der Waals surface area contributed by atoms with Gasteiger partial charge in [-0.2, -0.15) is 0 Å². The van der Waals surface area contributed by atoms with Crippen molar-refractivity contribution < 1.29 is 14.2 Å². The van der Waals surface area contributed by atoms with Gasteiger partial charge in [0.15, 0.2) is 5.96 Å². The van der Waals surface area contributed by atoms with Crippen LogP contribution in [0.25, 0.3) is 0 Å². The first-order valence-electron chi connectivity index (χ1n) is 9.01. The van der Waals surface area contributed by atoms with E-state index in [1.165, 1.54) is 0 Å². The van der Waals surface area contributed by atoms with Crippen LogP contribution < -0.4 is 20.1 Å². The normalized spacial score (nSPS) is 11.1. The van der Waals surface area contributed by atoms with Crippen molar-refractivity contribution in [2.45, 2.75) is 19.9 Å². The lowest BCUT2D eigenvalue weighted by atomic mass is 10.3. The maximum Gasteiger partial charge on any atom is 0.212 e. The van der Waals surface area contributed by atoms with Crippen LogP contribution in [-0.2, 0) is 11.3 Å². The molecule has 146 valence electrons. The quantitative estimate of drug-likeness (QED) is 0.379. The summed E-state index contributed by atoms with van der Waals surface area (Å²) in [5, 5.41) is 6.54. The molecular weight excluding hydrogens is 344 g/mol. The van der Waals surface area contributed by atoms with Gasteiger partial charge in [0.05, 0.1) is 20.3 Å². The smallest absolute Gasteiger partial charge is 0.212 e. The number of guanidine groups is 1. The Morgan fingerprint density at radius 1 is 1.15 bits per heavy atom. The number of hydrogen-bond acceptors (Lipinski definition) is 5. The van der Waals surface area contributed by atoms with E-state index in [0.29, 0.717) is 31.6 Å². The molecule has 7 nitrogen and oxygen atoms in total. The summed E-state index contributed by atoms with van der Waals surface area (Å²) in [5.41, 5.74) is 1.91. The number of methoxy groups -OCH3 is 2. The highest BCUT2D eigenvalue weighted by molar-refractivity contribution is 5.93. The molecule has 0 amide bonds. The molecule has 0 bridgehead atoms. The number of rotatable bonds is 10. The number of aliphatic imine (C=N–C) groups is 1. The first-order chi connectivity index (χ1) is 13.2. The number of benzene rings is 1. The Kier molecular flexibility index (Phi) is 8.92. The topological polar surface area (TPSA) is 77.0 Å². The van der Waals surface area contributed by atoms with E-state index in [9.17, 15) is 0 Å². The average molecular weight is 372 g/mol. The highest BCUT2D eigenvalue weighted by Crippen LogP contribution is 2.17. The molecule has 0 aliphatic heterocycles. The monoisotopic (exact) mass is 372 g/mol. The minimum Gasteiger partial charge on any atom is -0.493 e. The summed E-state index contributed by atoms with van der Waals surface area (Å²) in [4.78, 5) is 8.81. The van der Waals surface area contributed by atoms with Gasteiger partial charge < -0.3 is 24.8 Å². The maximum atomic E-state index is 5.74. The van der Waals surface area contributed by atoms with E-state index in [4.69, 9.17) is 14.2 Å². The molecule has 2 N–H and O–H groups in total. The average Bonchev–Trinajstić information content (AvgIpc) is 2.70. The molecule has 0 saturated heterocycles. The zero-order chi connectivity index (χ0) is 19.3. The van der Waals surface area contributed by atoms with Crippen molar-refractivity contribution in [3.63, 3.8) is 0 Å². The fourth-order valence-electron chi connectivity index (χ4n) is 2.30. The summed E-state index contributed by atoms with van der Waals surface area (Å²) in [6.07, 6.45) is 2.62. The molecule has 0 aliphatic carbocycles. The highest BCUT2D eigenvalue weighted by Gasteiger charge is 2.02. The number of nitrogens with one attached hydrogen (secondary N) is 2. The van der Waals surface area contributed by atoms with Crippen LogP contribution in [0.5, 0.6) is 11.6 Å². The lowest BCUT2D eigenvalue weighted by molar-refractivity contribution is 0.172. The van der Waals surface area contributed by atoms with Gasteiger partial charge in [-0.1, -0.05) is 12.1 Å². The summed E-state index contributed by atoms with van der Waals surface area (Å²) in [6, 6.07) is 11.6. The number of ether oxygens (including phenoxy) is 3. The van der Waals surface area contributed by atoms with Crippen LogP contribution in [0.4, 0.5) is 5.69 Å². The Bertz CT molecular complexity index is 705. The Balaban J connectivity index is 1.97. The van der Waals surface area contributed by atoms with Gasteiger partial charge in [0.25, 0.3) is 0 Å². The number of anilines is 1. The van der Waals surface area contributed by atoms with E-state index in [-0.39, 0.29) is 0 Å². The molecule has 2 aromatic rings. The standard InChI is InChI=1S/C20H28N4O3/c1-4-21-20(23-15-16-9-10-19(26-3)22-14-16)24-17-7-5-8-18(13-17)27-12-6-11-25-2/h5,7-10,13-14H,4,6,11-12,15H2,1-3H3,(H2,21,23,24). The number of aromatic nitrogens is 1. The molecule has 0 fully saturated rings.